The number of hydrogen-bond acceptors (Lipinski definition) is 4. The molecular formula is C18H25N3OSi. The van der Waals surface area contributed by atoms with E-state index in [-0.39, 0.29) is 5.04 Å². The average Bonchev–Trinajstić information content (AvgIpc) is 2.90. The van der Waals surface area contributed by atoms with Gasteiger partial charge < -0.3 is 4.43 Å². The maximum Gasteiger partial charge on any atom is 0.250 e. The second-order valence-corrected chi connectivity index (χ2v) is 12.2. The summed E-state index contributed by atoms with van der Waals surface area (Å²) in [5.74, 6) is 1.94. The number of hydrogen-bond donors (Lipinski definition) is 0. The fraction of sp³-hybridized carbons (Fsp3) is 0.389. The van der Waals surface area contributed by atoms with Crippen LogP contribution in [0.2, 0.25) is 18.1 Å². The SMILES string of the molecule is CC(C)(C)[Si](C)(C)Oc1ccc(N2CC=C3N=CC=CN32)cc1. The molecule has 0 amide bonds. The molecule has 5 heteroatoms. The topological polar surface area (TPSA) is 28.1 Å². The summed E-state index contributed by atoms with van der Waals surface area (Å²) in [5, 5.41) is 4.47. The molecule has 0 unspecified atom stereocenters. The van der Waals surface area contributed by atoms with Crippen molar-refractivity contribution in [2.45, 2.75) is 38.9 Å². The molecular weight excluding hydrogens is 302 g/mol. The summed E-state index contributed by atoms with van der Waals surface area (Å²) < 4.78 is 6.35. The monoisotopic (exact) mass is 327 g/mol. The van der Waals surface area contributed by atoms with Crippen LogP contribution < -0.4 is 9.43 Å². The highest BCUT2D eigenvalue weighted by atomic mass is 28.4. The Morgan fingerprint density at radius 1 is 1.13 bits per heavy atom. The largest absolute Gasteiger partial charge is 0.544 e. The van der Waals surface area contributed by atoms with Gasteiger partial charge in [-0.25, -0.2) is 10.0 Å². The number of nitrogens with zero attached hydrogens (tertiary/aromatic N) is 3. The van der Waals surface area contributed by atoms with Crippen LogP contribution in [0.4, 0.5) is 5.69 Å². The third kappa shape index (κ3) is 3.06. The van der Waals surface area contributed by atoms with Crippen molar-refractivity contribution < 1.29 is 4.43 Å². The van der Waals surface area contributed by atoms with Crippen LogP contribution in [0, 0.1) is 0 Å². The highest BCUT2D eigenvalue weighted by Crippen LogP contribution is 2.38. The maximum absolute atomic E-state index is 6.35. The van der Waals surface area contributed by atoms with Crippen LogP contribution in [0.5, 0.6) is 5.75 Å². The maximum atomic E-state index is 6.35. The van der Waals surface area contributed by atoms with E-state index >= 15 is 0 Å². The van der Waals surface area contributed by atoms with Gasteiger partial charge in [0.2, 0.25) is 8.32 Å². The third-order valence-electron chi connectivity index (χ3n) is 4.78. The van der Waals surface area contributed by atoms with Crippen molar-refractivity contribution in [1.82, 2.24) is 5.01 Å². The van der Waals surface area contributed by atoms with Gasteiger partial charge in [-0.3, -0.25) is 5.01 Å². The van der Waals surface area contributed by atoms with Gasteiger partial charge in [-0.05, 0) is 54.5 Å². The van der Waals surface area contributed by atoms with Crippen LogP contribution in [0.25, 0.3) is 0 Å². The van der Waals surface area contributed by atoms with Crippen LogP contribution in [-0.2, 0) is 0 Å². The highest BCUT2D eigenvalue weighted by molar-refractivity contribution is 6.74. The number of anilines is 1. The van der Waals surface area contributed by atoms with E-state index in [9.17, 15) is 0 Å². The molecule has 0 bridgehead atoms. The average molecular weight is 328 g/mol. The first kappa shape index (κ1) is 15.9. The molecule has 2 heterocycles. The molecule has 0 saturated carbocycles. The van der Waals surface area contributed by atoms with Gasteiger partial charge >= 0.3 is 0 Å². The summed E-state index contributed by atoms with van der Waals surface area (Å²) in [4.78, 5) is 4.37. The van der Waals surface area contributed by atoms with Crippen molar-refractivity contribution in [2.24, 2.45) is 4.99 Å². The van der Waals surface area contributed by atoms with Crippen molar-refractivity contribution in [3.63, 3.8) is 0 Å². The Hall–Kier alpha value is -2.01. The Bertz CT molecular complexity index is 669. The summed E-state index contributed by atoms with van der Waals surface area (Å²) in [7, 11) is -1.79. The fourth-order valence-electron chi connectivity index (χ4n) is 2.35. The summed E-state index contributed by atoms with van der Waals surface area (Å²) in [6, 6.07) is 8.38. The summed E-state index contributed by atoms with van der Waals surface area (Å²) in [5.41, 5.74) is 1.14. The molecule has 2 aliphatic heterocycles. The number of rotatable bonds is 3. The smallest absolute Gasteiger partial charge is 0.250 e. The zero-order valence-electron chi connectivity index (χ0n) is 14.6. The van der Waals surface area contributed by atoms with Crippen LogP contribution in [0.3, 0.4) is 0 Å². The molecule has 0 aromatic heterocycles. The van der Waals surface area contributed by atoms with Gasteiger partial charge in [0, 0.05) is 12.4 Å². The van der Waals surface area contributed by atoms with E-state index in [0.717, 1.165) is 23.8 Å². The molecule has 1 aromatic rings. The lowest BCUT2D eigenvalue weighted by Gasteiger charge is -2.36. The molecule has 0 radical (unpaired) electrons. The van der Waals surface area contributed by atoms with E-state index in [2.05, 4.69) is 79.2 Å². The molecule has 0 saturated heterocycles. The van der Waals surface area contributed by atoms with Gasteiger partial charge in [-0.1, -0.05) is 20.8 Å². The van der Waals surface area contributed by atoms with Crippen LogP contribution in [0.15, 0.2) is 53.4 Å². The van der Waals surface area contributed by atoms with Gasteiger partial charge in [0.15, 0.2) is 0 Å². The lowest BCUT2D eigenvalue weighted by Crippen LogP contribution is -2.43. The normalized spacial score (nSPS) is 17.3. The number of fused-ring (bicyclic) bond motifs is 1. The predicted molar refractivity (Wildman–Crippen MR) is 99.2 cm³/mol. The standard InChI is InChI=1S/C18H25N3OSi/c1-18(2,3)23(4,5)22-16-9-7-15(8-10-16)20-14-11-17-19-12-6-13-21(17)20/h6-13H,14H2,1-5H3. The fourth-order valence-corrected chi connectivity index (χ4v) is 3.38. The van der Waals surface area contributed by atoms with E-state index in [1.165, 1.54) is 0 Å². The lowest BCUT2D eigenvalue weighted by atomic mass is 10.2. The molecule has 0 fully saturated rings. The van der Waals surface area contributed by atoms with Gasteiger partial charge in [-0.15, -0.1) is 0 Å². The van der Waals surface area contributed by atoms with Gasteiger partial charge in [-0.2, -0.15) is 0 Å². The second-order valence-electron chi connectivity index (χ2n) is 7.46. The molecule has 122 valence electrons. The van der Waals surface area contributed by atoms with Crippen LogP contribution >= 0.6 is 0 Å². The van der Waals surface area contributed by atoms with Crippen LogP contribution in [0.1, 0.15) is 20.8 Å². The highest BCUT2D eigenvalue weighted by Gasteiger charge is 2.39. The first-order valence-corrected chi connectivity index (χ1v) is 11.0. The van der Waals surface area contributed by atoms with E-state index in [1.807, 2.05) is 18.5 Å². The Morgan fingerprint density at radius 3 is 2.48 bits per heavy atom. The van der Waals surface area contributed by atoms with Crippen molar-refractivity contribution in [2.75, 3.05) is 11.6 Å². The molecule has 0 aliphatic carbocycles. The second kappa shape index (κ2) is 5.56. The zero-order valence-corrected chi connectivity index (χ0v) is 15.6. The zero-order chi connectivity index (χ0) is 16.7. The van der Waals surface area contributed by atoms with Gasteiger partial charge in [0.25, 0.3) is 0 Å². The molecule has 2 aliphatic rings. The van der Waals surface area contributed by atoms with Crippen molar-refractivity contribution in [1.29, 1.82) is 0 Å². The number of aliphatic imine (C=N–C) groups is 1. The molecule has 23 heavy (non-hydrogen) atoms. The molecule has 3 rings (SSSR count). The molecule has 0 spiro atoms. The predicted octanol–water partition coefficient (Wildman–Crippen LogP) is 4.55. The molecule has 0 N–H and O–H groups in total. The van der Waals surface area contributed by atoms with E-state index in [0.29, 0.717) is 0 Å². The number of allylic oxidation sites excluding steroid dienone is 1. The quantitative estimate of drug-likeness (QED) is 0.763. The third-order valence-corrected chi connectivity index (χ3v) is 9.13. The van der Waals surface area contributed by atoms with E-state index < -0.39 is 8.32 Å². The van der Waals surface area contributed by atoms with Gasteiger partial charge in [0.05, 0.1) is 12.2 Å². The van der Waals surface area contributed by atoms with Crippen molar-refractivity contribution >= 4 is 20.2 Å². The van der Waals surface area contributed by atoms with Crippen LogP contribution in [-0.4, -0.2) is 26.1 Å². The van der Waals surface area contributed by atoms with E-state index in [4.69, 9.17) is 4.43 Å². The number of benzene rings is 1. The summed E-state index contributed by atoms with van der Waals surface area (Å²) in [6.07, 6.45) is 7.93. The molecule has 0 atom stereocenters. The minimum atomic E-state index is -1.79. The minimum absolute atomic E-state index is 0.204. The minimum Gasteiger partial charge on any atom is -0.544 e. The van der Waals surface area contributed by atoms with Crippen molar-refractivity contribution in [3.8, 4) is 5.75 Å². The Kier molecular flexibility index (Phi) is 3.84. The molecule has 4 nitrogen and oxygen atoms in total. The first-order valence-electron chi connectivity index (χ1n) is 8.05. The number of hydrazine groups is 1. The summed E-state index contributed by atoms with van der Waals surface area (Å²) >= 11 is 0. The van der Waals surface area contributed by atoms with Gasteiger partial charge in [0.1, 0.15) is 11.6 Å². The molecule has 1 aromatic carbocycles. The van der Waals surface area contributed by atoms with E-state index in [1.54, 1.807) is 0 Å². The lowest BCUT2D eigenvalue weighted by molar-refractivity contribution is 0.461. The Labute approximate surface area is 139 Å². The first-order chi connectivity index (χ1) is 10.8. The Balaban J connectivity index is 1.74. The Morgan fingerprint density at radius 2 is 1.83 bits per heavy atom. The van der Waals surface area contributed by atoms with Crippen molar-refractivity contribution in [3.05, 3.63) is 48.4 Å². The summed E-state index contributed by atoms with van der Waals surface area (Å²) in [6.45, 7) is 12.2.